The molecule has 1 rings (SSSR count). The van der Waals surface area contributed by atoms with E-state index in [1.54, 1.807) is 35.5 Å². The number of methoxy groups -OCH3 is 4. The Kier molecular flexibility index (Phi) is 10.2. The predicted octanol–water partition coefficient (Wildman–Crippen LogP) is 1.04. The number of benzene rings is 1. The topological polar surface area (TPSA) is 82.6 Å². The zero-order valence-electron chi connectivity index (χ0n) is 15.7. The molecule has 8 heteroatoms. The molecule has 0 spiro atoms. The highest BCUT2D eigenvalue weighted by molar-refractivity contribution is 5.79. The fourth-order valence-corrected chi connectivity index (χ4v) is 2.13. The molecular formula is C17H29N3O5. The van der Waals surface area contributed by atoms with Gasteiger partial charge in [-0.15, -0.1) is 0 Å². The Morgan fingerprint density at radius 2 is 1.60 bits per heavy atom. The summed E-state index contributed by atoms with van der Waals surface area (Å²) in [6, 6.07) is 3.80. The van der Waals surface area contributed by atoms with Crippen LogP contribution in [0.5, 0.6) is 17.2 Å². The van der Waals surface area contributed by atoms with Crippen molar-refractivity contribution in [2.45, 2.75) is 6.54 Å². The molecular weight excluding hydrogens is 326 g/mol. The van der Waals surface area contributed by atoms with Crippen molar-refractivity contribution in [2.75, 3.05) is 61.9 Å². The van der Waals surface area contributed by atoms with Gasteiger partial charge in [-0.3, -0.25) is 4.99 Å². The van der Waals surface area contributed by atoms with Gasteiger partial charge in [-0.05, 0) is 17.7 Å². The molecule has 0 saturated carbocycles. The second-order valence-corrected chi connectivity index (χ2v) is 4.99. The molecule has 0 saturated heterocycles. The second kappa shape index (κ2) is 12.2. The van der Waals surface area contributed by atoms with Crippen LogP contribution in [0.4, 0.5) is 0 Å². The van der Waals surface area contributed by atoms with Crippen LogP contribution in [0.25, 0.3) is 0 Å². The Morgan fingerprint density at radius 1 is 0.920 bits per heavy atom. The maximum Gasteiger partial charge on any atom is 0.203 e. The van der Waals surface area contributed by atoms with Crippen molar-refractivity contribution < 1.29 is 23.7 Å². The first-order chi connectivity index (χ1) is 12.2. The zero-order chi connectivity index (χ0) is 18.5. The van der Waals surface area contributed by atoms with Crippen molar-refractivity contribution in [2.24, 2.45) is 4.99 Å². The van der Waals surface area contributed by atoms with Crippen LogP contribution in [0.3, 0.4) is 0 Å². The number of aliphatic imine (C=N–C) groups is 1. The van der Waals surface area contributed by atoms with E-state index in [2.05, 4.69) is 15.6 Å². The minimum atomic E-state index is 0.556. The normalized spacial score (nSPS) is 11.2. The lowest BCUT2D eigenvalue weighted by atomic mass is 10.2. The van der Waals surface area contributed by atoms with Crippen molar-refractivity contribution in [1.82, 2.24) is 10.6 Å². The van der Waals surface area contributed by atoms with Gasteiger partial charge >= 0.3 is 0 Å². The van der Waals surface area contributed by atoms with E-state index in [0.717, 1.165) is 5.56 Å². The van der Waals surface area contributed by atoms with Crippen LogP contribution in [-0.4, -0.2) is 67.8 Å². The molecule has 25 heavy (non-hydrogen) atoms. The average Bonchev–Trinajstić information content (AvgIpc) is 2.65. The molecule has 0 aliphatic carbocycles. The van der Waals surface area contributed by atoms with Gasteiger partial charge in [0, 0.05) is 27.2 Å². The van der Waals surface area contributed by atoms with Crippen LogP contribution >= 0.6 is 0 Å². The minimum Gasteiger partial charge on any atom is -0.493 e. The van der Waals surface area contributed by atoms with Crippen molar-refractivity contribution in [3.05, 3.63) is 17.7 Å². The van der Waals surface area contributed by atoms with Gasteiger partial charge in [-0.2, -0.15) is 0 Å². The number of nitrogens with one attached hydrogen (secondary N) is 2. The van der Waals surface area contributed by atoms with Crippen molar-refractivity contribution in [1.29, 1.82) is 0 Å². The molecule has 0 amide bonds. The molecule has 0 unspecified atom stereocenters. The van der Waals surface area contributed by atoms with E-state index in [1.165, 1.54) is 0 Å². The second-order valence-electron chi connectivity index (χ2n) is 4.99. The average molecular weight is 355 g/mol. The Balaban J connectivity index is 2.55. The fraction of sp³-hybridized carbons (Fsp3) is 0.588. The van der Waals surface area contributed by atoms with E-state index in [-0.39, 0.29) is 0 Å². The summed E-state index contributed by atoms with van der Waals surface area (Å²) in [4.78, 5) is 4.18. The van der Waals surface area contributed by atoms with E-state index in [0.29, 0.717) is 56.1 Å². The number of hydrogen-bond acceptors (Lipinski definition) is 6. The molecule has 1 aromatic rings. The number of ether oxygens (including phenoxy) is 5. The van der Waals surface area contributed by atoms with Crippen LogP contribution < -0.4 is 24.8 Å². The highest BCUT2D eigenvalue weighted by Crippen LogP contribution is 2.38. The fourth-order valence-electron chi connectivity index (χ4n) is 2.13. The molecule has 0 fully saturated rings. The van der Waals surface area contributed by atoms with Crippen LogP contribution in [0.15, 0.2) is 17.1 Å². The maximum atomic E-state index is 5.40. The van der Waals surface area contributed by atoms with Gasteiger partial charge in [0.05, 0.1) is 41.2 Å². The maximum absolute atomic E-state index is 5.40. The third-order valence-electron chi connectivity index (χ3n) is 3.38. The lowest BCUT2D eigenvalue weighted by Gasteiger charge is -2.16. The molecule has 0 aliphatic rings. The largest absolute Gasteiger partial charge is 0.493 e. The zero-order valence-corrected chi connectivity index (χ0v) is 15.7. The van der Waals surface area contributed by atoms with Crippen LogP contribution in [0.1, 0.15) is 5.56 Å². The lowest BCUT2D eigenvalue weighted by Crippen LogP contribution is -2.38. The number of nitrogens with zero attached hydrogens (tertiary/aromatic N) is 1. The summed E-state index contributed by atoms with van der Waals surface area (Å²) in [5, 5.41) is 6.42. The Morgan fingerprint density at radius 3 is 2.12 bits per heavy atom. The van der Waals surface area contributed by atoms with Gasteiger partial charge in [0.2, 0.25) is 5.75 Å². The summed E-state index contributed by atoms with van der Waals surface area (Å²) in [5.74, 6) is 2.50. The minimum absolute atomic E-state index is 0.556. The molecule has 1 aromatic carbocycles. The Labute approximate surface area is 149 Å². The van der Waals surface area contributed by atoms with E-state index in [1.807, 2.05) is 12.1 Å². The van der Waals surface area contributed by atoms with Crippen molar-refractivity contribution >= 4 is 5.96 Å². The first-order valence-corrected chi connectivity index (χ1v) is 8.00. The van der Waals surface area contributed by atoms with E-state index >= 15 is 0 Å². The summed E-state index contributed by atoms with van der Waals surface area (Å²) >= 11 is 0. The molecule has 142 valence electrons. The Hall–Kier alpha value is -2.19. The summed E-state index contributed by atoms with van der Waals surface area (Å²) in [5.41, 5.74) is 0.980. The highest BCUT2D eigenvalue weighted by Gasteiger charge is 2.13. The van der Waals surface area contributed by atoms with Gasteiger partial charge in [-0.1, -0.05) is 0 Å². The molecule has 8 nitrogen and oxygen atoms in total. The third kappa shape index (κ3) is 7.06. The van der Waals surface area contributed by atoms with Crippen LogP contribution in [-0.2, 0) is 16.0 Å². The quantitative estimate of drug-likeness (QED) is 0.349. The van der Waals surface area contributed by atoms with Crippen LogP contribution in [0, 0.1) is 0 Å². The lowest BCUT2D eigenvalue weighted by molar-refractivity contribution is 0.0733. The van der Waals surface area contributed by atoms with Crippen LogP contribution in [0.2, 0.25) is 0 Å². The molecule has 0 heterocycles. The van der Waals surface area contributed by atoms with Gasteiger partial charge in [0.15, 0.2) is 17.5 Å². The predicted molar refractivity (Wildman–Crippen MR) is 97.0 cm³/mol. The summed E-state index contributed by atoms with van der Waals surface area (Å²) < 4.78 is 26.4. The molecule has 0 radical (unpaired) electrons. The summed E-state index contributed by atoms with van der Waals surface area (Å²) in [6.07, 6.45) is 0. The number of guanidine groups is 1. The molecule has 0 bridgehead atoms. The summed E-state index contributed by atoms with van der Waals surface area (Å²) in [6.45, 7) is 2.96. The van der Waals surface area contributed by atoms with Crippen molar-refractivity contribution in [3.63, 3.8) is 0 Å². The van der Waals surface area contributed by atoms with E-state index < -0.39 is 0 Å². The van der Waals surface area contributed by atoms with E-state index in [9.17, 15) is 0 Å². The van der Waals surface area contributed by atoms with Gasteiger partial charge in [0.1, 0.15) is 0 Å². The van der Waals surface area contributed by atoms with Gasteiger partial charge in [0.25, 0.3) is 0 Å². The van der Waals surface area contributed by atoms with Gasteiger partial charge in [-0.25, -0.2) is 0 Å². The standard InChI is InChI=1S/C17H29N3O5/c1-18-17(19-6-7-25-9-8-21-2)20-12-13-10-14(22-3)16(24-5)15(11-13)23-4/h10-11H,6-9,12H2,1-5H3,(H2,18,19,20). The highest BCUT2D eigenvalue weighted by atomic mass is 16.5. The molecule has 0 aromatic heterocycles. The first kappa shape index (κ1) is 20.9. The molecule has 0 aliphatic heterocycles. The smallest absolute Gasteiger partial charge is 0.203 e. The number of hydrogen-bond donors (Lipinski definition) is 2. The van der Waals surface area contributed by atoms with Gasteiger partial charge < -0.3 is 34.3 Å². The third-order valence-corrected chi connectivity index (χ3v) is 3.38. The van der Waals surface area contributed by atoms with E-state index in [4.69, 9.17) is 23.7 Å². The SMILES string of the molecule is CN=C(NCCOCCOC)NCc1cc(OC)c(OC)c(OC)c1. The number of rotatable bonds is 11. The molecule has 2 N–H and O–H groups in total. The molecule has 0 atom stereocenters. The van der Waals surface area contributed by atoms with Crippen molar-refractivity contribution in [3.8, 4) is 17.2 Å². The first-order valence-electron chi connectivity index (χ1n) is 8.00. The Bertz CT molecular complexity index is 512. The monoisotopic (exact) mass is 355 g/mol. The summed E-state index contributed by atoms with van der Waals surface area (Å²) in [7, 11) is 8.14.